The molecular formula is C18H23FN2O2. The van der Waals surface area contributed by atoms with Crippen LogP contribution in [-0.4, -0.2) is 38.0 Å². The highest BCUT2D eigenvalue weighted by Crippen LogP contribution is 2.24. The van der Waals surface area contributed by atoms with Crippen molar-refractivity contribution in [2.45, 2.75) is 19.8 Å². The van der Waals surface area contributed by atoms with Crippen LogP contribution in [0.15, 0.2) is 24.3 Å². The SMILES string of the molecule is Cc1cc(NCCCOCC2CCOC2)c2cc(F)ccc2n1. The number of ether oxygens (including phenoxy) is 2. The fourth-order valence-corrected chi connectivity index (χ4v) is 2.84. The lowest BCUT2D eigenvalue weighted by molar-refractivity contribution is 0.0897. The predicted molar refractivity (Wildman–Crippen MR) is 89.3 cm³/mol. The van der Waals surface area contributed by atoms with Crippen molar-refractivity contribution in [3.63, 3.8) is 0 Å². The predicted octanol–water partition coefficient (Wildman–Crippen LogP) is 3.54. The summed E-state index contributed by atoms with van der Waals surface area (Å²) in [5.74, 6) is 0.311. The Balaban J connectivity index is 1.49. The summed E-state index contributed by atoms with van der Waals surface area (Å²) in [6, 6.07) is 6.65. The number of hydrogen-bond donors (Lipinski definition) is 1. The Morgan fingerprint density at radius 1 is 1.39 bits per heavy atom. The van der Waals surface area contributed by atoms with Gasteiger partial charge in [0.25, 0.3) is 0 Å². The second kappa shape index (κ2) is 7.70. The minimum absolute atomic E-state index is 0.242. The second-order valence-electron chi connectivity index (χ2n) is 6.06. The van der Waals surface area contributed by atoms with Crippen molar-refractivity contribution in [1.29, 1.82) is 0 Å². The lowest BCUT2D eigenvalue weighted by Gasteiger charge is -2.12. The number of nitrogens with one attached hydrogen (secondary N) is 1. The fraction of sp³-hybridized carbons (Fsp3) is 0.500. The average molecular weight is 318 g/mol. The van der Waals surface area contributed by atoms with Crippen molar-refractivity contribution < 1.29 is 13.9 Å². The molecule has 1 aromatic carbocycles. The third-order valence-electron chi connectivity index (χ3n) is 4.06. The maximum Gasteiger partial charge on any atom is 0.124 e. The van der Waals surface area contributed by atoms with Gasteiger partial charge in [0, 0.05) is 42.4 Å². The lowest BCUT2D eigenvalue weighted by atomic mass is 10.1. The first-order valence-corrected chi connectivity index (χ1v) is 8.18. The van der Waals surface area contributed by atoms with Crippen LogP contribution in [0.25, 0.3) is 10.9 Å². The minimum atomic E-state index is -0.242. The van der Waals surface area contributed by atoms with Gasteiger partial charge >= 0.3 is 0 Å². The van der Waals surface area contributed by atoms with Gasteiger partial charge in [-0.05, 0) is 44.0 Å². The first kappa shape index (κ1) is 16.1. The Labute approximate surface area is 136 Å². The molecule has 4 nitrogen and oxygen atoms in total. The molecule has 0 amide bonds. The van der Waals surface area contributed by atoms with Gasteiger partial charge < -0.3 is 14.8 Å². The summed E-state index contributed by atoms with van der Waals surface area (Å²) in [5, 5.41) is 4.19. The number of nitrogens with zero attached hydrogens (tertiary/aromatic N) is 1. The van der Waals surface area contributed by atoms with Gasteiger partial charge in [-0.15, -0.1) is 0 Å². The number of pyridine rings is 1. The first-order valence-electron chi connectivity index (χ1n) is 8.18. The first-order chi connectivity index (χ1) is 11.2. The molecule has 2 heterocycles. The second-order valence-corrected chi connectivity index (χ2v) is 6.06. The maximum absolute atomic E-state index is 13.5. The number of hydrogen-bond acceptors (Lipinski definition) is 4. The van der Waals surface area contributed by atoms with Gasteiger partial charge in [-0.1, -0.05) is 0 Å². The number of rotatable bonds is 7. The van der Waals surface area contributed by atoms with E-state index in [9.17, 15) is 4.39 Å². The molecule has 1 saturated heterocycles. The third-order valence-corrected chi connectivity index (χ3v) is 4.06. The van der Waals surface area contributed by atoms with E-state index in [1.165, 1.54) is 12.1 Å². The number of halogens is 1. The molecule has 0 radical (unpaired) electrons. The molecule has 0 bridgehead atoms. The number of fused-ring (bicyclic) bond motifs is 1. The third kappa shape index (κ3) is 4.39. The van der Waals surface area contributed by atoms with Crippen LogP contribution in [0.2, 0.25) is 0 Å². The molecule has 1 fully saturated rings. The molecule has 5 heteroatoms. The summed E-state index contributed by atoms with van der Waals surface area (Å²) >= 11 is 0. The highest BCUT2D eigenvalue weighted by atomic mass is 19.1. The molecule has 23 heavy (non-hydrogen) atoms. The van der Waals surface area contributed by atoms with Gasteiger partial charge in [-0.2, -0.15) is 0 Å². The number of benzene rings is 1. The van der Waals surface area contributed by atoms with E-state index < -0.39 is 0 Å². The standard InChI is InChI=1S/C18H23FN2O2/c1-13-9-18(16-10-15(19)3-4-17(16)21-13)20-6-2-7-22-11-14-5-8-23-12-14/h3-4,9-10,14H,2,5-8,11-12H2,1H3,(H,20,21). The summed E-state index contributed by atoms with van der Waals surface area (Å²) in [6.45, 7) is 5.92. The Morgan fingerprint density at radius 3 is 3.13 bits per heavy atom. The molecule has 124 valence electrons. The van der Waals surface area contributed by atoms with Gasteiger partial charge in [-0.3, -0.25) is 4.98 Å². The Hall–Kier alpha value is -1.72. The number of aromatic nitrogens is 1. The number of anilines is 1. The van der Waals surface area contributed by atoms with E-state index in [-0.39, 0.29) is 5.82 Å². The van der Waals surface area contributed by atoms with E-state index in [2.05, 4.69) is 10.3 Å². The van der Waals surface area contributed by atoms with Crippen molar-refractivity contribution in [2.24, 2.45) is 5.92 Å². The van der Waals surface area contributed by atoms with Crippen LogP contribution < -0.4 is 5.32 Å². The van der Waals surface area contributed by atoms with Gasteiger partial charge in [0.15, 0.2) is 0 Å². The highest BCUT2D eigenvalue weighted by molar-refractivity contribution is 5.91. The van der Waals surface area contributed by atoms with Gasteiger partial charge in [0.1, 0.15) is 5.82 Å². The molecule has 2 aromatic rings. The van der Waals surface area contributed by atoms with Crippen LogP contribution in [0.5, 0.6) is 0 Å². The molecule has 3 rings (SSSR count). The van der Waals surface area contributed by atoms with Crippen molar-refractivity contribution in [3.05, 3.63) is 35.8 Å². The van der Waals surface area contributed by atoms with Crippen LogP contribution in [0.3, 0.4) is 0 Å². The molecule has 1 aliphatic rings. The van der Waals surface area contributed by atoms with E-state index in [0.29, 0.717) is 5.92 Å². The zero-order valence-electron chi connectivity index (χ0n) is 13.5. The zero-order valence-corrected chi connectivity index (χ0v) is 13.5. The molecule has 0 aliphatic carbocycles. The molecule has 1 unspecified atom stereocenters. The summed E-state index contributed by atoms with van der Waals surface area (Å²) in [5.41, 5.74) is 2.66. The van der Waals surface area contributed by atoms with Crippen LogP contribution in [0, 0.1) is 18.7 Å². The largest absolute Gasteiger partial charge is 0.384 e. The maximum atomic E-state index is 13.5. The van der Waals surface area contributed by atoms with E-state index >= 15 is 0 Å². The van der Waals surface area contributed by atoms with E-state index in [1.54, 1.807) is 6.07 Å². The van der Waals surface area contributed by atoms with E-state index in [4.69, 9.17) is 9.47 Å². The number of aryl methyl sites for hydroxylation is 1. The summed E-state index contributed by atoms with van der Waals surface area (Å²) in [4.78, 5) is 4.44. The van der Waals surface area contributed by atoms with Crippen LogP contribution in [0.4, 0.5) is 10.1 Å². The Kier molecular flexibility index (Phi) is 5.41. The van der Waals surface area contributed by atoms with Gasteiger partial charge in [0.05, 0.1) is 18.7 Å². The van der Waals surface area contributed by atoms with Crippen molar-refractivity contribution in [2.75, 3.05) is 38.3 Å². The van der Waals surface area contributed by atoms with Crippen molar-refractivity contribution in [1.82, 2.24) is 4.98 Å². The van der Waals surface area contributed by atoms with Gasteiger partial charge in [-0.25, -0.2) is 4.39 Å². The molecular weight excluding hydrogens is 295 g/mol. The smallest absolute Gasteiger partial charge is 0.124 e. The molecule has 0 spiro atoms. The van der Waals surface area contributed by atoms with Crippen LogP contribution >= 0.6 is 0 Å². The monoisotopic (exact) mass is 318 g/mol. The molecule has 1 atom stereocenters. The fourth-order valence-electron chi connectivity index (χ4n) is 2.84. The summed E-state index contributed by atoms with van der Waals surface area (Å²) < 4.78 is 24.5. The Bertz CT molecular complexity index is 657. The average Bonchev–Trinajstić information content (AvgIpc) is 3.04. The highest BCUT2D eigenvalue weighted by Gasteiger charge is 2.15. The normalized spacial score (nSPS) is 17.7. The minimum Gasteiger partial charge on any atom is -0.384 e. The van der Waals surface area contributed by atoms with E-state index in [1.807, 2.05) is 13.0 Å². The molecule has 1 aromatic heterocycles. The lowest BCUT2D eigenvalue weighted by Crippen LogP contribution is -2.12. The van der Waals surface area contributed by atoms with Gasteiger partial charge in [0.2, 0.25) is 0 Å². The molecule has 1 aliphatic heterocycles. The van der Waals surface area contributed by atoms with Crippen LogP contribution in [-0.2, 0) is 9.47 Å². The summed E-state index contributed by atoms with van der Waals surface area (Å²) in [6.07, 6.45) is 2.01. The molecule has 0 saturated carbocycles. The van der Waals surface area contributed by atoms with Crippen molar-refractivity contribution in [3.8, 4) is 0 Å². The van der Waals surface area contributed by atoms with E-state index in [0.717, 1.165) is 68.1 Å². The zero-order chi connectivity index (χ0) is 16.1. The molecule has 1 N–H and O–H groups in total. The Morgan fingerprint density at radius 2 is 2.30 bits per heavy atom. The topological polar surface area (TPSA) is 43.4 Å². The van der Waals surface area contributed by atoms with Crippen LogP contribution in [0.1, 0.15) is 18.5 Å². The summed E-state index contributed by atoms with van der Waals surface area (Å²) in [7, 11) is 0. The quantitative estimate of drug-likeness (QED) is 0.793. The van der Waals surface area contributed by atoms with Crippen molar-refractivity contribution >= 4 is 16.6 Å².